The van der Waals surface area contributed by atoms with Gasteiger partial charge in [-0.25, -0.2) is 0 Å². The van der Waals surface area contributed by atoms with Crippen LogP contribution in [0.2, 0.25) is 5.02 Å². The van der Waals surface area contributed by atoms with Crippen LogP contribution < -0.4 is 10.1 Å². The molecule has 0 amide bonds. The molecule has 1 N–H and O–H groups in total. The van der Waals surface area contributed by atoms with Gasteiger partial charge in [-0.15, -0.1) is 0 Å². The Morgan fingerprint density at radius 3 is 2.46 bits per heavy atom. The zero-order valence-corrected chi connectivity index (χ0v) is 20.6. The second-order valence-corrected chi connectivity index (χ2v) is 9.78. The molecule has 2 heterocycles. The molecule has 1 saturated carbocycles. The average molecular weight is 529 g/mol. The quantitative estimate of drug-likeness (QED) is 0.442. The molecule has 1 fully saturated rings. The zero-order chi connectivity index (χ0) is 26.3. The van der Waals surface area contributed by atoms with Crippen molar-refractivity contribution < 1.29 is 27.5 Å². The number of nitrogens with zero attached hydrogens (tertiary/aromatic N) is 1. The van der Waals surface area contributed by atoms with Crippen LogP contribution >= 0.6 is 11.6 Å². The number of rotatable bonds is 4. The summed E-state index contributed by atoms with van der Waals surface area (Å²) in [7, 11) is 1.52. The first-order valence-corrected chi connectivity index (χ1v) is 12.3. The lowest BCUT2D eigenvalue weighted by Crippen LogP contribution is -2.47. The Labute approximate surface area is 217 Å². The summed E-state index contributed by atoms with van der Waals surface area (Å²) in [6.07, 6.45) is -3.15. The number of carbonyl (C=O) groups is 2. The number of aromatic nitrogens is 1. The van der Waals surface area contributed by atoms with Gasteiger partial charge in [-0.3, -0.25) is 14.6 Å². The van der Waals surface area contributed by atoms with E-state index in [0.717, 1.165) is 23.6 Å². The Hall–Kier alpha value is -3.23. The van der Waals surface area contributed by atoms with Gasteiger partial charge in [-0.05, 0) is 47.9 Å². The molecule has 0 spiro atoms. The van der Waals surface area contributed by atoms with Crippen molar-refractivity contribution in [3.05, 3.63) is 93.8 Å². The summed E-state index contributed by atoms with van der Waals surface area (Å²) in [5, 5.41) is 3.08. The molecular weight excluding hydrogens is 505 g/mol. The molecule has 2 aliphatic rings. The number of nitrogens with one attached hydrogen (secondary N) is 1. The monoisotopic (exact) mass is 528 g/mol. The first kappa shape index (κ1) is 25.4. The number of alkyl halides is 3. The predicted molar refractivity (Wildman–Crippen MR) is 132 cm³/mol. The molecule has 0 bridgehead atoms. The lowest BCUT2D eigenvalue weighted by Gasteiger charge is -2.39. The number of pyridine rings is 1. The highest BCUT2D eigenvalue weighted by molar-refractivity contribution is 6.31. The minimum atomic E-state index is -4.63. The van der Waals surface area contributed by atoms with Crippen LogP contribution in [0.1, 0.15) is 52.2 Å². The maximum absolute atomic E-state index is 14.2. The molecule has 1 aliphatic carbocycles. The molecule has 192 valence electrons. The molecule has 37 heavy (non-hydrogen) atoms. The number of halogens is 4. The highest BCUT2D eigenvalue weighted by Gasteiger charge is 2.50. The van der Waals surface area contributed by atoms with E-state index in [0.29, 0.717) is 24.1 Å². The van der Waals surface area contributed by atoms with Gasteiger partial charge in [0.1, 0.15) is 11.5 Å². The van der Waals surface area contributed by atoms with E-state index in [1.165, 1.54) is 7.11 Å². The summed E-state index contributed by atoms with van der Waals surface area (Å²) in [5.41, 5.74) is 1.67. The van der Waals surface area contributed by atoms with Crippen molar-refractivity contribution in [2.24, 2.45) is 5.92 Å². The van der Waals surface area contributed by atoms with Crippen LogP contribution in [0.25, 0.3) is 0 Å². The van der Waals surface area contributed by atoms with Crippen LogP contribution in [0.15, 0.2) is 60.8 Å². The van der Waals surface area contributed by atoms with Crippen molar-refractivity contribution in [3.63, 3.8) is 0 Å². The van der Waals surface area contributed by atoms with Crippen molar-refractivity contribution in [1.82, 2.24) is 10.3 Å². The second kappa shape index (κ2) is 9.91. The first-order valence-electron chi connectivity index (χ1n) is 11.9. The van der Waals surface area contributed by atoms with E-state index in [2.05, 4.69) is 10.3 Å². The van der Waals surface area contributed by atoms with Crippen LogP contribution in [0.4, 0.5) is 13.2 Å². The number of hydrogen-bond donors (Lipinski definition) is 1. The van der Waals surface area contributed by atoms with Gasteiger partial charge < -0.3 is 10.1 Å². The highest BCUT2D eigenvalue weighted by Crippen LogP contribution is 2.48. The fourth-order valence-corrected chi connectivity index (χ4v) is 5.80. The average Bonchev–Trinajstić information content (AvgIpc) is 2.88. The topological polar surface area (TPSA) is 68.3 Å². The Bertz CT molecular complexity index is 1340. The van der Waals surface area contributed by atoms with E-state index in [9.17, 15) is 22.8 Å². The lowest BCUT2D eigenvalue weighted by molar-refractivity contribution is -0.139. The smallest absolute Gasteiger partial charge is 0.417 e. The second-order valence-electron chi connectivity index (χ2n) is 9.38. The summed E-state index contributed by atoms with van der Waals surface area (Å²) in [4.78, 5) is 31.8. The Balaban J connectivity index is 1.60. The summed E-state index contributed by atoms with van der Waals surface area (Å²) in [5.74, 6) is -2.68. The van der Waals surface area contributed by atoms with Gasteiger partial charge in [0.15, 0.2) is 5.78 Å². The van der Waals surface area contributed by atoms with Crippen molar-refractivity contribution in [2.75, 3.05) is 13.7 Å². The van der Waals surface area contributed by atoms with E-state index < -0.39 is 41.3 Å². The van der Waals surface area contributed by atoms with Gasteiger partial charge in [0, 0.05) is 24.6 Å². The third-order valence-corrected chi connectivity index (χ3v) is 7.60. The summed E-state index contributed by atoms with van der Waals surface area (Å²) in [6.45, 7) is 0.602. The molecule has 0 radical (unpaired) electrons. The summed E-state index contributed by atoms with van der Waals surface area (Å²) in [6, 6.07) is 14.9. The van der Waals surface area contributed by atoms with Crippen molar-refractivity contribution in [2.45, 2.75) is 36.9 Å². The minimum absolute atomic E-state index is 0.0206. The van der Waals surface area contributed by atoms with Crippen LogP contribution in [-0.4, -0.2) is 30.2 Å². The van der Waals surface area contributed by atoms with E-state index >= 15 is 0 Å². The SMILES string of the molecule is COc1ccc([C@H]2CC(=O)[C@H]([C@H]3NCCc4ccccc43)C(=O)[C@@H]2c2ncc(C(F)(F)F)cc2Cl)cc1. The number of ketones is 2. The van der Waals surface area contributed by atoms with Crippen molar-refractivity contribution >= 4 is 23.2 Å². The van der Waals surface area contributed by atoms with Gasteiger partial charge in [0.05, 0.1) is 35.2 Å². The minimum Gasteiger partial charge on any atom is -0.497 e. The Morgan fingerprint density at radius 1 is 1.05 bits per heavy atom. The van der Waals surface area contributed by atoms with Gasteiger partial charge in [-0.1, -0.05) is 48.0 Å². The van der Waals surface area contributed by atoms with Gasteiger partial charge >= 0.3 is 6.18 Å². The molecular formula is C28H24ClF3N2O3. The summed E-state index contributed by atoms with van der Waals surface area (Å²) >= 11 is 6.35. The van der Waals surface area contributed by atoms with Gasteiger partial charge in [-0.2, -0.15) is 13.2 Å². The van der Waals surface area contributed by atoms with E-state index in [4.69, 9.17) is 16.3 Å². The summed E-state index contributed by atoms with van der Waals surface area (Å²) < 4.78 is 45.1. The van der Waals surface area contributed by atoms with Gasteiger partial charge in [0.25, 0.3) is 0 Å². The number of ether oxygens (including phenoxy) is 1. The number of methoxy groups -OCH3 is 1. The van der Waals surface area contributed by atoms with E-state index in [-0.39, 0.29) is 22.9 Å². The molecule has 1 aliphatic heterocycles. The molecule has 5 rings (SSSR count). The Morgan fingerprint density at radius 2 is 1.78 bits per heavy atom. The van der Waals surface area contributed by atoms with Crippen LogP contribution in [0, 0.1) is 5.92 Å². The predicted octanol–water partition coefficient (Wildman–Crippen LogP) is 5.67. The maximum atomic E-state index is 14.2. The standard InChI is InChI=1S/C28H24ClF3N2O3/c1-37-18-8-6-16(7-9-18)20-13-22(35)24(25-19-5-3-2-4-15(19)10-11-33-25)27(36)23(20)26-21(29)12-17(14-34-26)28(30,31)32/h2-9,12,14,20,23-25,33H,10-11,13H2,1H3/t20-,23+,24-,25+/m1/s1. The number of Topliss-reactive ketones (excluding diaryl/α,β-unsaturated/α-hetero) is 2. The largest absolute Gasteiger partial charge is 0.497 e. The number of hydrogen-bond acceptors (Lipinski definition) is 5. The van der Waals surface area contributed by atoms with Crippen LogP contribution in [0.5, 0.6) is 5.75 Å². The van der Waals surface area contributed by atoms with E-state index in [1.807, 2.05) is 24.3 Å². The number of fused-ring (bicyclic) bond motifs is 1. The maximum Gasteiger partial charge on any atom is 0.417 e. The molecule has 5 nitrogen and oxygen atoms in total. The van der Waals surface area contributed by atoms with Crippen molar-refractivity contribution in [1.29, 1.82) is 0 Å². The third-order valence-electron chi connectivity index (χ3n) is 7.30. The Kier molecular flexibility index (Phi) is 6.81. The van der Waals surface area contributed by atoms with Crippen molar-refractivity contribution in [3.8, 4) is 5.75 Å². The molecule has 3 aromatic rings. The normalized spacial score (nSPS) is 24.0. The molecule has 4 atom stereocenters. The molecule has 0 unspecified atom stereocenters. The third kappa shape index (κ3) is 4.76. The fraction of sp³-hybridized carbons (Fsp3) is 0.321. The number of carbonyl (C=O) groups excluding carboxylic acids is 2. The first-order chi connectivity index (χ1) is 17.7. The lowest BCUT2D eigenvalue weighted by atomic mass is 9.65. The van der Waals surface area contributed by atoms with Crippen LogP contribution in [-0.2, 0) is 22.2 Å². The van der Waals surface area contributed by atoms with E-state index in [1.54, 1.807) is 24.3 Å². The fourth-order valence-electron chi connectivity index (χ4n) is 5.52. The van der Waals surface area contributed by atoms with Gasteiger partial charge in [0.2, 0.25) is 0 Å². The molecule has 1 aromatic heterocycles. The van der Waals surface area contributed by atoms with Crippen LogP contribution in [0.3, 0.4) is 0 Å². The molecule has 9 heteroatoms. The molecule has 2 aromatic carbocycles. The number of benzene rings is 2. The highest BCUT2D eigenvalue weighted by atomic mass is 35.5. The zero-order valence-electron chi connectivity index (χ0n) is 19.9. The molecule has 0 saturated heterocycles.